The van der Waals surface area contributed by atoms with Crippen molar-refractivity contribution in [2.75, 3.05) is 30.3 Å². The molecule has 104 valence electrons. The molecule has 1 aromatic rings. The van der Waals surface area contributed by atoms with Gasteiger partial charge in [-0.3, -0.25) is 0 Å². The summed E-state index contributed by atoms with van der Waals surface area (Å²) in [6.07, 6.45) is 1.92. The third kappa shape index (κ3) is 2.23. The van der Waals surface area contributed by atoms with Crippen molar-refractivity contribution >= 4 is 11.5 Å². The number of aromatic nitrogens is 1. The molecule has 3 rings (SSSR count). The zero-order chi connectivity index (χ0) is 13.4. The summed E-state index contributed by atoms with van der Waals surface area (Å²) >= 11 is 0. The molecule has 0 spiro atoms. The maximum Gasteiger partial charge on any atom is 0.239 e. The summed E-state index contributed by atoms with van der Waals surface area (Å²) in [5, 5.41) is 9.96. The third-order valence-electron chi connectivity index (χ3n) is 4.30. The molecule has 5 heteroatoms. The second-order valence-electron chi connectivity index (χ2n) is 5.47. The Bertz CT molecular complexity index is 466. The summed E-state index contributed by atoms with van der Waals surface area (Å²) in [4.78, 5) is 6.73. The van der Waals surface area contributed by atoms with Crippen LogP contribution in [0.2, 0.25) is 0 Å². The van der Waals surface area contributed by atoms with E-state index in [0.29, 0.717) is 30.0 Å². The minimum atomic E-state index is -0.143. The van der Waals surface area contributed by atoms with Gasteiger partial charge >= 0.3 is 0 Å². The molecule has 0 radical (unpaired) electrons. The summed E-state index contributed by atoms with van der Waals surface area (Å²) in [6, 6.07) is 3.78. The molecular weight excluding hydrogens is 242 g/mol. The van der Waals surface area contributed by atoms with Crippen molar-refractivity contribution in [3.05, 3.63) is 12.1 Å². The smallest absolute Gasteiger partial charge is 0.239 e. The van der Waals surface area contributed by atoms with Gasteiger partial charge in [0.15, 0.2) is 0 Å². The van der Waals surface area contributed by atoms with Crippen molar-refractivity contribution in [1.29, 1.82) is 0 Å². The van der Waals surface area contributed by atoms with Crippen LogP contribution in [0.15, 0.2) is 12.1 Å². The fraction of sp³-hybridized carbons (Fsp3) is 0.643. The average molecular weight is 263 g/mol. The molecule has 2 heterocycles. The SMILES string of the molecule is CCOc1nc(N2CC3CCC(O)C3C2)ccc1N. The fourth-order valence-corrected chi connectivity index (χ4v) is 3.29. The van der Waals surface area contributed by atoms with E-state index in [9.17, 15) is 5.11 Å². The molecule has 5 nitrogen and oxygen atoms in total. The monoisotopic (exact) mass is 263 g/mol. The van der Waals surface area contributed by atoms with Crippen LogP contribution >= 0.6 is 0 Å². The van der Waals surface area contributed by atoms with Crippen molar-refractivity contribution in [1.82, 2.24) is 4.98 Å². The Morgan fingerprint density at radius 1 is 1.42 bits per heavy atom. The number of nitrogens with zero attached hydrogens (tertiary/aromatic N) is 2. The second kappa shape index (κ2) is 4.89. The van der Waals surface area contributed by atoms with Crippen LogP contribution in [0.5, 0.6) is 5.88 Å². The summed E-state index contributed by atoms with van der Waals surface area (Å²) in [5.41, 5.74) is 6.42. The van der Waals surface area contributed by atoms with Crippen LogP contribution in [-0.4, -0.2) is 35.9 Å². The van der Waals surface area contributed by atoms with Gasteiger partial charge in [-0.25, -0.2) is 0 Å². The molecule has 1 saturated heterocycles. The highest BCUT2D eigenvalue weighted by Gasteiger charge is 2.42. The Labute approximate surface area is 113 Å². The van der Waals surface area contributed by atoms with Gasteiger partial charge in [-0.15, -0.1) is 0 Å². The van der Waals surface area contributed by atoms with Crippen molar-refractivity contribution in [2.45, 2.75) is 25.9 Å². The molecule has 19 heavy (non-hydrogen) atoms. The quantitative estimate of drug-likeness (QED) is 0.859. The highest BCUT2D eigenvalue weighted by molar-refractivity contribution is 5.55. The summed E-state index contributed by atoms with van der Waals surface area (Å²) < 4.78 is 5.44. The van der Waals surface area contributed by atoms with Gasteiger partial charge < -0.3 is 20.5 Å². The average Bonchev–Trinajstić information content (AvgIpc) is 2.95. The first kappa shape index (κ1) is 12.5. The van der Waals surface area contributed by atoms with E-state index in [-0.39, 0.29) is 6.10 Å². The highest BCUT2D eigenvalue weighted by atomic mass is 16.5. The predicted molar refractivity (Wildman–Crippen MR) is 74.3 cm³/mol. The number of nitrogens with two attached hydrogens (primary N) is 1. The van der Waals surface area contributed by atoms with Gasteiger partial charge in [0.1, 0.15) is 5.82 Å². The number of hydrogen-bond acceptors (Lipinski definition) is 5. The maximum absolute atomic E-state index is 9.96. The van der Waals surface area contributed by atoms with Crippen molar-refractivity contribution in [3.63, 3.8) is 0 Å². The number of hydrogen-bond donors (Lipinski definition) is 2. The number of ether oxygens (including phenoxy) is 1. The zero-order valence-electron chi connectivity index (χ0n) is 11.2. The van der Waals surface area contributed by atoms with Gasteiger partial charge in [-0.1, -0.05) is 0 Å². The number of aliphatic hydroxyl groups is 1. The molecule has 3 N–H and O–H groups in total. The number of anilines is 2. The molecule has 1 saturated carbocycles. The Morgan fingerprint density at radius 3 is 3.00 bits per heavy atom. The minimum Gasteiger partial charge on any atom is -0.476 e. The number of pyridine rings is 1. The molecule has 2 fully saturated rings. The molecule has 2 aliphatic rings. The summed E-state index contributed by atoms with van der Waals surface area (Å²) in [7, 11) is 0. The van der Waals surface area contributed by atoms with E-state index < -0.39 is 0 Å². The second-order valence-corrected chi connectivity index (χ2v) is 5.47. The largest absolute Gasteiger partial charge is 0.476 e. The van der Waals surface area contributed by atoms with Crippen molar-refractivity contribution in [3.8, 4) is 5.88 Å². The van der Waals surface area contributed by atoms with Crippen LogP contribution < -0.4 is 15.4 Å². The number of nitrogen functional groups attached to an aromatic ring is 1. The van der Waals surface area contributed by atoms with Gasteiger partial charge in [-0.05, 0) is 37.8 Å². The first-order valence-corrected chi connectivity index (χ1v) is 7.01. The first-order chi connectivity index (χ1) is 9.19. The van der Waals surface area contributed by atoms with Crippen LogP contribution in [0.3, 0.4) is 0 Å². The van der Waals surface area contributed by atoms with Crippen LogP contribution in [0, 0.1) is 11.8 Å². The van der Waals surface area contributed by atoms with E-state index in [1.54, 1.807) is 0 Å². The molecule has 1 aromatic heterocycles. The molecule has 3 atom stereocenters. The fourth-order valence-electron chi connectivity index (χ4n) is 3.29. The first-order valence-electron chi connectivity index (χ1n) is 7.01. The van der Waals surface area contributed by atoms with Crippen LogP contribution in [0.25, 0.3) is 0 Å². The molecule has 1 aliphatic heterocycles. The lowest BCUT2D eigenvalue weighted by Gasteiger charge is -2.20. The molecule has 1 aliphatic carbocycles. The van der Waals surface area contributed by atoms with Crippen molar-refractivity contribution < 1.29 is 9.84 Å². The maximum atomic E-state index is 9.96. The Kier molecular flexibility index (Phi) is 3.22. The van der Waals surface area contributed by atoms with E-state index in [0.717, 1.165) is 31.7 Å². The van der Waals surface area contributed by atoms with Crippen LogP contribution in [0.1, 0.15) is 19.8 Å². The van der Waals surface area contributed by atoms with E-state index in [2.05, 4.69) is 9.88 Å². The topological polar surface area (TPSA) is 71.6 Å². The normalized spacial score (nSPS) is 29.6. The molecule has 3 unspecified atom stereocenters. The third-order valence-corrected chi connectivity index (χ3v) is 4.30. The van der Waals surface area contributed by atoms with Crippen LogP contribution in [-0.2, 0) is 0 Å². The number of aliphatic hydroxyl groups excluding tert-OH is 1. The van der Waals surface area contributed by atoms with E-state index >= 15 is 0 Å². The number of fused-ring (bicyclic) bond motifs is 1. The number of rotatable bonds is 3. The van der Waals surface area contributed by atoms with E-state index in [1.807, 2.05) is 19.1 Å². The van der Waals surface area contributed by atoms with Crippen molar-refractivity contribution in [2.24, 2.45) is 11.8 Å². The lowest BCUT2D eigenvalue weighted by Crippen LogP contribution is -2.25. The van der Waals surface area contributed by atoms with Gasteiger partial charge in [0.25, 0.3) is 0 Å². The molecule has 0 bridgehead atoms. The lowest BCUT2D eigenvalue weighted by molar-refractivity contribution is 0.133. The molecule has 0 aromatic carbocycles. The van der Waals surface area contributed by atoms with Gasteiger partial charge in [0.2, 0.25) is 5.88 Å². The standard InChI is InChI=1S/C14H21N3O2/c1-2-19-14-11(15)4-6-13(16-14)17-7-9-3-5-12(18)10(9)8-17/h4,6,9-10,12,18H,2-3,5,7-8,15H2,1H3. The van der Waals surface area contributed by atoms with E-state index in [4.69, 9.17) is 10.5 Å². The van der Waals surface area contributed by atoms with Gasteiger partial charge in [0, 0.05) is 19.0 Å². The molecular formula is C14H21N3O2. The van der Waals surface area contributed by atoms with E-state index in [1.165, 1.54) is 0 Å². The Balaban J connectivity index is 1.78. The minimum absolute atomic E-state index is 0.143. The lowest BCUT2D eigenvalue weighted by atomic mass is 10.00. The van der Waals surface area contributed by atoms with Gasteiger partial charge in [0.05, 0.1) is 18.4 Å². The molecule has 0 amide bonds. The highest BCUT2D eigenvalue weighted by Crippen LogP contribution is 2.39. The Hall–Kier alpha value is -1.49. The van der Waals surface area contributed by atoms with Crippen LogP contribution in [0.4, 0.5) is 11.5 Å². The predicted octanol–water partition coefficient (Wildman–Crippen LogP) is 1.27. The van der Waals surface area contributed by atoms with Gasteiger partial charge in [-0.2, -0.15) is 4.98 Å². The summed E-state index contributed by atoms with van der Waals surface area (Å²) in [5.74, 6) is 2.41. The Morgan fingerprint density at radius 2 is 2.26 bits per heavy atom. The summed E-state index contributed by atoms with van der Waals surface area (Å²) in [6.45, 7) is 4.34. The zero-order valence-corrected chi connectivity index (χ0v) is 11.2.